The molecule has 2 heterocycles. The first kappa shape index (κ1) is 6.31. The van der Waals surface area contributed by atoms with E-state index in [4.69, 9.17) is 9.47 Å². The normalized spacial score (nSPS) is 14.0. The highest BCUT2D eigenvalue weighted by Crippen LogP contribution is 2.36. The van der Waals surface area contributed by atoms with Gasteiger partial charge in [-0.05, 0) is 33.7 Å². The number of fused-ring (bicyclic) bond motifs is 2. The lowest BCUT2D eigenvalue weighted by atomic mass is 10.2. The quantitative estimate of drug-likeness (QED) is 0.617. The monoisotopic (exact) mass is 178 g/mol. The van der Waals surface area contributed by atoms with Crippen LogP contribution in [-0.4, -0.2) is 6.79 Å². The van der Waals surface area contributed by atoms with E-state index in [9.17, 15) is 0 Å². The third-order valence-electron chi connectivity index (χ3n) is 1.97. The Bertz CT molecular complexity index is 395. The minimum absolute atomic E-state index is 0.353. The van der Waals surface area contributed by atoms with Crippen LogP contribution in [0.5, 0.6) is 11.5 Å². The molecule has 60 valence electrons. The Morgan fingerprint density at radius 1 is 1.00 bits per heavy atom. The van der Waals surface area contributed by atoms with Crippen molar-refractivity contribution in [3.8, 4) is 11.5 Å². The lowest BCUT2D eigenvalue weighted by molar-refractivity contribution is 0.174. The molecule has 0 unspecified atom stereocenters. The largest absolute Gasteiger partial charge is 0.454 e. The minimum atomic E-state index is 0.353. The second kappa shape index (κ2) is 2.14. The highest BCUT2D eigenvalue weighted by molar-refractivity contribution is 7.09. The van der Waals surface area contributed by atoms with Crippen molar-refractivity contribution in [1.29, 1.82) is 0 Å². The van der Waals surface area contributed by atoms with Crippen LogP contribution in [-0.2, 0) is 0 Å². The van der Waals surface area contributed by atoms with E-state index >= 15 is 0 Å². The Hall–Kier alpha value is -1.22. The van der Waals surface area contributed by atoms with E-state index in [0.717, 1.165) is 11.5 Å². The Kier molecular flexibility index (Phi) is 1.12. The molecule has 1 aromatic carbocycles. The zero-order chi connectivity index (χ0) is 7.97. The van der Waals surface area contributed by atoms with E-state index in [1.165, 1.54) is 10.8 Å². The fourth-order valence-corrected chi connectivity index (χ4v) is 2.13. The van der Waals surface area contributed by atoms with Gasteiger partial charge in [0.1, 0.15) is 0 Å². The maximum absolute atomic E-state index is 5.26. The highest BCUT2D eigenvalue weighted by Gasteiger charge is 2.13. The smallest absolute Gasteiger partial charge is 0.231 e. The Morgan fingerprint density at radius 2 is 1.58 bits per heavy atom. The number of ether oxygens (including phenoxy) is 2. The Morgan fingerprint density at radius 3 is 2.17 bits per heavy atom. The van der Waals surface area contributed by atoms with Gasteiger partial charge < -0.3 is 9.47 Å². The van der Waals surface area contributed by atoms with Crippen molar-refractivity contribution in [2.75, 3.05) is 6.79 Å². The van der Waals surface area contributed by atoms with Crippen molar-refractivity contribution in [3.05, 3.63) is 22.9 Å². The van der Waals surface area contributed by atoms with Gasteiger partial charge in [0.15, 0.2) is 11.5 Å². The molecule has 0 spiro atoms. The molecule has 0 saturated heterocycles. The second-order valence-corrected chi connectivity index (χ2v) is 3.45. The number of rotatable bonds is 0. The third kappa shape index (κ3) is 0.741. The van der Waals surface area contributed by atoms with Crippen LogP contribution in [0.2, 0.25) is 0 Å². The van der Waals surface area contributed by atoms with E-state index in [1.807, 2.05) is 12.1 Å². The third-order valence-corrected chi connectivity index (χ3v) is 2.75. The number of benzene rings is 1. The lowest BCUT2D eigenvalue weighted by Gasteiger charge is -1.94. The predicted octanol–water partition coefficient (Wildman–Crippen LogP) is 2.63. The van der Waals surface area contributed by atoms with Crippen LogP contribution in [0.1, 0.15) is 0 Å². The molecule has 2 aromatic rings. The van der Waals surface area contributed by atoms with E-state index < -0.39 is 0 Å². The molecule has 3 heteroatoms. The zero-order valence-electron chi connectivity index (χ0n) is 6.24. The summed E-state index contributed by atoms with van der Waals surface area (Å²) in [5, 5.41) is 6.67. The van der Waals surface area contributed by atoms with Crippen LogP contribution in [0.25, 0.3) is 10.8 Å². The molecule has 0 radical (unpaired) electrons. The molecular formula is C9H6O2S. The van der Waals surface area contributed by atoms with Crippen LogP contribution >= 0.6 is 11.3 Å². The maximum atomic E-state index is 5.26. The second-order valence-electron chi connectivity index (χ2n) is 2.71. The molecule has 0 amide bonds. The van der Waals surface area contributed by atoms with Crippen LogP contribution in [0.15, 0.2) is 22.9 Å². The van der Waals surface area contributed by atoms with Gasteiger partial charge in [0, 0.05) is 0 Å². The fourth-order valence-electron chi connectivity index (χ4n) is 1.36. The topological polar surface area (TPSA) is 18.5 Å². The van der Waals surface area contributed by atoms with E-state index in [1.54, 1.807) is 11.3 Å². The van der Waals surface area contributed by atoms with Crippen molar-refractivity contribution < 1.29 is 9.47 Å². The van der Waals surface area contributed by atoms with Gasteiger partial charge in [0.25, 0.3) is 0 Å². The molecule has 1 aliphatic rings. The van der Waals surface area contributed by atoms with Crippen LogP contribution in [0.4, 0.5) is 0 Å². The van der Waals surface area contributed by atoms with Gasteiger partial charge >= 0.3 is 0 Å². The maximum Gasteiger partial charge on any atom is 0.231 e. The van der Waals surface area contributed by atoms with Crippen LogP contribution in [0.3, 0.4) is 0 Å². The van der Waals surface area contributed by atoms with Gasteiger partial charge in [0.2, 0.25) is 6.79 Å². The molecule has 0 atom stereocenters. The van der Waals surface area contributed by atoms with E-state index in [0.29, 0.717) is 6.79 Å². The summed E-state index contributed by atoms with van der Waals surface area (Å²) in [5.74, 6) is 1.72. The summed E-state index contributed by atoms with van der Waals surface area (Å²) in [7, 11) is 0. The van der Waals surface area contributed by atoms with Crippen LogP contribution < -0.4 is 9.47 Å². The van der Waals surface area contributed by atoms with Crippen molar-refractivity contribution in [2.24, 2.45) is 0 Å². The standard InChI is InChI=1S/C9H6O2S/c1-6-3-12-4-7(6)2-9-8(1)10-5-11-9/h1-4H,5H2. The summed E-state index contributed by atoms with van der Waals surface area (Å²) >= 11 is 1.69. The average Bonchev–Trinajstić information content (AvgIpc) is 2.64. The van der Waals surface area contributed by atoms with Crippen molar-refractivity contribution in [2.45, 2.75) is 0 Å². The first-order valence-corrected chi connectivity index (χ1v) is 4.63. The minimum Gasteiger partial charge on any atom is -0.454 e. The molecule has 12 heavy (non-hydrogen) atoms. The molecule has 1 aliphatic heterocycles. The lowest BCUT2D eigenvalue weighted by Crippen LogP contribution is -1.92. The Labute approximate surface area is 73.3 Å². The summed E-state index contributed by atoms with van der Waals surface area (Å²) in [6.07, 6.45) is 0. The summed E-state index contributed by atoms with van der Waals surface area (Å²) < 4.78 is 10.5. The van der Waals surface area contributed by atoms with E-state index in [2.05, 4.69) is 10.8 Å². The summed E-state index contributed by atoms with van der Waals surface area (Å²) in [6, 6.07) is 4.04. The predicted molar refractivity (Wildman–Crippen MR) is 47.9 cm³/mol. The SMILES string of the molecule is c1scc2cc3c(cc12)OCO3. The van der Waals surface area contributed by atoms with Gasteiger partial charge in [-0.15, -0.1) is 0 Å². The molecule has 0 aliphatic carbocycles. The number of thiophene rings is 1. The molecule has 0 fully saturated rings. The Balaban J connectivity index is 2.38. The first-order chi connectivity index (χ1) is 5.93. The molecule has 1 aromatic heterocycles. The molecule has 0 N–H and O–H groups in total. The summed E-state index contributed by atoms with van der Waals surface area (Å²) in [4.78, 5) is 0. The van der Waals surface area contributed by atoms with Gasteiger partial charge in [-0.2, -0.15) is 11.3 Å². The molecular weight excluding hydrogens is 172 g/mol. The van der Waals surface area contributed by atoms with Gasteiger partial charge in [-0.3, -0.25) is 0 Å². The zero-order valence-corrected chi connectivity index (χ0v) is 7.06. The van der Waals surface area contributed by atoms with Gasteiger partial charge in [-0.25, -0.2) is 0 Å². The first-order valence-electron chi connectivity index (χ1n) is 3.69. The molecule has 0 bridgehead atoms. The molecule has 3 rings (SSSR count). The van der Waals surface area contributed by atoms with Gasteiger partial charge in [0.05, 0.1) is 0 Å². The molecule has 0 saturated carbocycles. The van der Waals surface area contributed by atoms with Gasteiger partial charge in [-0.1, -0.05) is 0 Å². The van der Waals surface area contributed by atoms with Crippen molar-refractivity contribution >= 4 is 22.1 Å². The van der Waals surface area contributed by atoms with E-state index in [-0.39, 0.29) is 0 Å². The van der Waals surface area contributed by atoms with Crippen molar-refractivity contribution in [3.63, 3.8) is 0 Å². The average molecular weight is 178 g/mol. The van der Waals surface area contributed by atoms with Crippen LogP contribution in [0, 0.1) is 0 Å². The number of hydrogen-bond acceptors (Lipinski definition) is 3. The number of hydrogen-bond donors (Lipinski definition) is 0. The summed E-state index contributed by atoms with van der Waals surface area (Å²) in [5.41, 5.74) is 0. The van der Waals surface area contributed by atoms with Crippen molar-refractivity contribution in [1.82, 2.24) is 0 Å². The summed E-state index contributed by atoms with van der Waals surface area (Å²) in [6.45, 7) is 0.353. The molecule has 2 nitrogen and oxygen atoms in total. The highest BCUT2D eigenvalue weighted by atomic mass is 32.1. The fraction of sp³-hybridized carbons (Fsp3) is 0.111.